The van der Waals surface area contributed by atoms with E-state index in [4.69, 9.17) is 19.3 Å². The van der Waals surface area contributed by atoms with E-state index < -0.39 is 5.97 Å². The van der Waals surface area contributed by atoms with Crippen molar-refractivity contribution in [3.8, 4) is 11.5 Å². The van der Waals surface area contributed by atoms with E-state index in [1.165, 1.54) is 0 Å². The van der Waals surface area contributed by atoms with Gasteiger partial charge in [0.05, 0.1) is 32.9 Å². The van der Waals surface area contributed by atoms with Crippen molar-refractivity contribution in [3.05, 3.63) is 24.3 Å². The van der Waals surface area contributed by atoms with E-state index in [0.29, 0.717) is 44.3 Å². The number of benzene rings is 1. The number of methoxy groups -OCH3 is 1. The van der Waals surface area contributed by atoms with Crippen molar-refractivity contribution in [2.75, 3.05) is 53.1 Å². The second-order valence-corrected chi connectivity index (χ2v) is 6.63. The molecular weight excluding hydrogens is 340 g/mol. The van der Waals surface area contributed by atoms with E-state index in [1.807, 2.05) is 17.0 Å². The van der Waals surface area contributed by atoms with Crippen LogP contribution in [0.2, 0.25) is 0 Å². The van der Waals surface area contributed by atoms with Gasteiger partial charge in [0.2, 0.25) is 0 Å². The molecule has 0 unspecified atom stereocenters. The number of ether oxygens (including phenoxy) is 3. The van der Waals surface area contributed by atoms with Gasteiger partial charge in [-0.2, -0.15) is 0 Å². The number of carboxylic acids is 1. The molecular formula is C18H24N2O6. The number of para-hydroxylation sites is 2. The lowest BCUT2D eigenvalue weighted by Gasteiger charge is -2.30. The van der Waals surface area contributed by atoms with E-state index in [2.05, 4.69) is 0 Å². The third kappa shape index (κ3) is 4.44. The number of carbonyl (C=O) groups excluding carboxylic acids is 1. The van der Waals surface area contributed by atoms with E-state index in [-0.39, 0.29) is 31.0 Å². The minimum Gasteiger partial charge on any atom is -0.493 e. The first-order valence-corrected chi connectivity index (χ1v) is 8.64. The molecule has 0 aromatic heterocycles. The van der Waals surface area contributed by atoms with Crippen LogP contribution in [0.25, 0.3) is 0 Å². The monoisotopic (exact) mass is 364 g/mol. The van der Waals surface area contributed by atoms with Gasteiger partial charge in [-0.15, -0.1) is 0 Å². The van der Waals surface area contributed by atoms with Crippen molar-refractivity contribution in [2.45, 2.75) is 6.04 Å². The summed E-state index contributed by atoms with van der Waals surface area (Å²) in [6, 6.07) is 7.01. The van der Waals surface area contributed by atoms with E-state index in [0.717, 1.165) is 0 Å². The van der Waals surface area contributed by atoms with Crippen LogP contribution in [-0.2, 0) is 14.3 Å². The van der Waals surface area contributed by atoms with Crippen molar-refractivity contribution in [1.82, 2.24) is 9.80 Å². The smallest absolute Gasteiger partial charge is 0.317 e. The predicted molar refractivity (Wildman–Crippen MR) is 92.4 cm³/mol. The Morgan fingerprint density at radius 1 is 1.19 bits per heavy atom. The summed E-state index contributed by atoms with van der Waals surface area (Å²) in [5.41, 5.74) is 0. The lowest BCUT2D eigenvalue weighted by molar-refractivity contribution is -0.138. The highest BCUT2D eigenvalue weighted by Gasteiger charge is 2.36. The van der Waals surface area contributed by atoms with Crippen LogP contribution in [0.4, 0.5) is 0 Å². The number of carboxylic acid groups (broad SMARTS) is 1. The van der Waals surface area contributed by atoms with Crippen LogP contribution in [0.3, 0.4) is 0 Å². The Kier molecular flexibility index (Phi) is 5.95. The summed E-state index contributed by atoms with van der Waals surface area (Å²) in [5.74, 6) is 0.199. The Balaban J connectivity index is 1.65. The van der Waals surface area contributed by atoms with Gasteiger partial charge in [-0.1, -0.05) is 12.1 Å². The molecule has 1 amide bonds. The Hall–Kier alpha value is -2.32. The molecule has 0 spiro atoms. The van der Waals surface area contributed by atoms with Crippen LogP contribution >= 0.6 is 0 Å². The van der Waals surface area contributed by atoms with Gasteiger partial charge in [0.15, 0.2) is 18.1 Å². The van der Waals surface area contributed by atoms with Crippen molar-refractivity contribution < 1.29 is 28.9 Å². The second kappa shape index (κ2) is 8.37. The molecule has 1 aromatic carbocycles. The summed E-state index contributed by atoms with van der Waals surface area (Å²) in [7, 11) is 1.55. The van der Waals surface area contributed by atoms with Crippen molar-refractivity contribution in [2.24, 2.45) is 5.92 Å². The van der Waals surface area contributed by atoms with Gasteiger partial charge >= 0.3 is 5.97 Å². The SMILES string of the molecule is COc1ccccc1OCC(=O)N1C[C@H]2COC[C@@H]1CN(CC(=O)O)C2. The molecule has 0 saturated carbocycles. The molecule has 0 radical (unpaired) electrons. The fraction of sp³-hybridized carbons (Fsp3) is 0.556. The third-order valence-electron chi connectivity index (χ3n) is 4.64. The molecule has 3 rings (SSSR count). The van der Waals surface area contributed by atoms with Crippen LogP contribution in [0.5, 0.6) is 11.5 Å². The first-order chi connectivity index (χ1) is 12.6. The molecule has 2 aliphatic rings. The summed E-state index contributed by atoms with van der Waals surface area (Å²) in [6.07, 6.45) is 0. The number of nitrogens with zero attached hydrogens (tertiary/aromatic N) is 2. The quantitative estimate of drug-likeness (QED) is 0.777. The highest BCUT2D eigenvalue weighted by Crippen LogP contribution is 2.26. The van der Waals surface area contributed by atoms with Gasteiger partial charge in [-0.25, -0.2) is 0 Å². The number of hydrogen-bond donors (Lipinski definition) is 1. The summed E-state index contributed by atoms with van der Waals surface area (Å²) in [5, 5.41) is 9.07. The fourth-order valence-electron chi connectivity index (χ4n) is 3.53. The molecule has 2 aliphatic heterocycles. The Morgan fingerprint density at radius 2 is 1.96 bits per heavy atom. The predicted octanol–water partition coefficient (Wildman–Crippen LogP) is 0.318. The normalized spacial score (nSPS) is 23.2. The highest BCUT2D eigenvalue weighted by molar-refractivity contribution is 5.78. The largest absolute Gasteiger partial charge is 0.493 e. The van der Waals surface area contributed by atoms with Crippen LogP contribution < -0.4 is 9.47 Å². The molecule has 2 bridgehead atoms. The van der Waals surface area contributed by atoms with E-state index >= 15 is 0 Å². The average molecular weight is 364 g/mol. The molecule has 2 atom stereocenters. The summed E-state index contributed by atoms with van der Waals surface area (Å²) < 4.78 is 16.6. The van der Waals surface area contributed by atoms with Crippen LogP contribution in [0.1, 0.15) is 0 Å². The van der Waals surface area contributed by atoms with Gasteiger partial charge in [0, 0.05) is 25.6 Å². The lowest BCUT2D eigenvalue weighted by atomic mass is 10.1. The number of rotatable bonds is 6. The first-order valence-electron chi connectivity index (χ1n) is 8.64. The third-order valence-corrected chi connectivity index (χ3v) is 4.64. The zero-order valence-corrected chi connectivity index (χ0v) is 14.8. The maximum absolute atomic E-state index is 12.8. The number of fused-ring (bicyclic) bond motifs is 3. The Labute approximate surface area is 152 Å². The Morgan fingerprint density at radius 3 is 2.69 bits per heavy atom. The van der Waals surface area contributed by atoms with Crippen molar-refractivity contribution >= 4 is 11.9 Å². The summed E-state index contributed by atoms with van der Waals surface area (Å²) >= 11 is 0. The Bertz CT molecular complexity index is 652. The lowest BCUT2D eigenvalue weighted by Crippen LogP contribution is -2.48. The molecule has 2 heterocycles. The van der Waals surface area contributed by atoms with Gasteiger partial charge < -0.3 is 24.2 Å². The van der Waals surface area contributed by atoms with Crippen LogP contribution in [0.15, 0.2) is 24.3 Å². The minimum atomic E-state index is -0.858. The maximum atomic E-state index is 12.8. The number of amides is 1. The molecule has 26 heavy (non-hydrogen) atoms. The number of hydrogen-bond acceptors (Lipinski definition) is 6. The van der Waals surface area contributed by atoms with Gasteiger partial charge in [-0.3, -0.25) is 14.5 Å². The van der Waals surface area contributed by atoms with Crippen molar-refractivity contribution in [1.29, 1.82) is 0 Å². The van der Waals surface area contributed by atoms with Gasteiger partial charge in [0.1, 0.15) is 0 Å². The topological polar surface area (TPSA) is 88.5 Å². The first kappa shape index (κ1) is 18.5. The van der Waals surface area contributed by atoms with E-state index in [9.17, 15) is 9.59 Å². The average Bonchev–Trinajstić information content (AvgIpc) is 2.90. The maximum Gasteiger partial charge on any atom is 0.317 e. The minimum absolute atomic E-state index is 0.0211. The van der Waals surface area contributed by atoms with E-state index in [1.54, 1.807) is 24.1 Å². The molecule has 1 N–H and O–H groups in total. The zero-order chi connectivity index (χ0) is 18.5. The second-order valence-electron chi connectivity index (χ2n) is 6.63. The van der Waals surface area contributed by atoms with Crippen LogP contribution in [-0.4, -0.2) is 85.9 Å². The molecule has 2 saturated heterocycles. The zero-order valence-electron chi connectivity index (χ0n) is 14.8. The fourth-order valence-corrected chi connectivity index (χ4v) is 3.53. The van der Waals surface area contributed by atoms with Crippen molar-refractivity contribution in [3.63, 3.8) is 0 Å². The summed E-state index contributed by atoms with van der Waals surface area (Å²) in [4.78, 5) is 27.5. The number of carbonyl (C=O) groups is 2. The molecule has 8 heteroatoms. The molecule has 1 aromatic rings. The standard InChI is InChI=1S/C18H24N2O6/c1-24-15-4-2-3-5-16(15)26-12-17(21)20-7-13-6-19(9-18(22)23)8-14(20)11-25-10-13/h2-5,13-14H,6-12H2,1H3,(H,22,23)/t13-,14-/m0/s1. The molecule has 8 nitrogen and oxygen atoms in total. The van der Waals surface area contributed by atoms with Gasteiger partial charge in [-0.05, 0) is 12.1 Å². The highest BCUT2D eigenvalue weighted by atomic mass is 16.5. The summed E-state index contributed by atoms with van der Waals surface area (Å²) in [6.45, 7) is 2.48. The van der Waals surface area contributed by atoms with Crippen LogP contribution in [0, 0.1) is 5.92 Å². The molecule has 142 valence electrons. The molecule has 2 fully saturated rings. The van der Waals surface area contributed by atoms with Gasteiger partial charge in [0.25, 0.3) is 5.91 Å². The molecule has 0 aliphatic carbocycles. The number of aliphatic carboxylic acids is 1.